The second-order valence-corrected chi connectivity index (χ2v) is 12.8. The van der Waals surface area contributed by atoms with Crippen LogP contribution in [0, 0.1) is 46.3 Å². The van der Waals surface area contributed by atoms with E-state index in [1.165, 1.54) is 31.3 Å². The average Bonchev–Trinajstić information content (AvgIpc) is 3.16. The number of rotatable bonds is 0. The largest absolute Gasteiger partial charge is 0.390 e. The molecule has 2 N–H and O–H groups in total. The van der Waals surface area contributed by atoms with E-state index in [4.69, 9.17) is 9.47 Å². The van der Waals surface area contributed by atoms with Gasteiger partial charge in [0.25, 0.3) is 0 Å². The molecule has 6 aliphatic rings. The Morgan fingerprint density at radius 2 is 1.84 bits per heavy atom. The minimum absolute atomic E-state index is 0.0525. The predicted molar refractivity (Wildman–Crippen MR) is 119 cm³/mol. The van der Waals surface area contributed by atoms with E-state index in [1.807, 2.05) is 0 Å². The molecule has 6 rings (SSSR count). The zero-order valence-corrected chi connectivity index (χ0v) is 19.8. The molecule has 12 atom stereocenters. The van der Waals surface area contributed by atoms with Crippen molar-refractivity contribution in [1.82, 2.24) is 0 Å². The fourth-order valence-corrected chi connectivity index (χ4v) is 9.71. The number of aliphatic hydroxyl groups is 2. The van der Waals surface area contributed by atoms with Crippen LogP contribution in [0.15, 0.2) is 11.6 Å². The van der Waals surface area contributed by atoms with E-state index in [0.29, 0.717) is 53.4 Å². The molecule has 0 aromatic heterocycles. The van der Waals surface area contributed by atoms with Gasteiger partial charge in [0.15, 0.2) is 5.79 Å². The van der Waals surface area contributed by atoms with Crippen LogP contribution in [0.1, 0.15) is 79.1 Å². The summed E-state index contributed by atoms with van der Waals surface area (Å²) in [4.78, 5) is 0. The maximum Gasteiger partial charge on any atom is 0.171 e. The maximum atomic E-state index is 10.5. The molecule has 0 amide bonds. The summed E-state index contributed by atoms with van der Waals surface area (Å²) in [5.74, 6) is 3.39. The topological polar surface area (TPSA) is 58.9 Å². The Kier molecular flexibility index (Phi) is 4.64. The highest BCUT2D eigenvalue weighted by Crippen LogP contribution is 2.70. The van der Waals surface area contributed by atoms with E-state index in [0.717, 1.165) is 25.9 Å². The van der Waals surface area contributed by atoms with Crippen molar-refractivity contribution in [1.29, 1.82) is 0 Å². The van der Waals surface area contributed by atoms with E-state index < -0.39 is 12.2 Å². The first kappa shape index (κ1) is 21.1. The summed E-state index contributed by atoms with van der Waals surface area (Å²) in [5, 5.41) is 20.8. The Morgan fingerprint density at radius 1 is 1.03 bits per heavy atom. The minimum Gasteiger partial charge on any atom is -0.390 e. The fourth-order valence-electron chi connectivity index (χ4n) is 9.71. The average molecular weight is 431 g/mol. The fraction of sp³-hybridized carbons (Fsp3) is 0.926. The maximum absolute atomic E-state index is 10.5. The van der Waals surface area contributed by atoms with Gasteiger partial charge >= 0.3 is 0 Å². The monoisotopic (exact) mass is 430 g/mol. The van der Waals surface area contributed by atoms with Gasteiger partial charge in [-0.2, -0.15) is 0 Å². The van der Waals surface area contributed by atoms with Gasteiger partial charge in [0.05, 0.1) is 24.9 Å². The molecule has 31 heavy (non-hydrogen) atoms. The van der Waals surface area contributed by atoms with Crippen LogP contribution in [0.25, 0.3) is 0 Å². The summed E-state index contributed by atoms with van der Waals surface area (Å²) < 4.78 is 13.3. The van der Waals surface area contributed by atoms with Crippen LogP contribution in [-0.4, -0.2) is 40.9 Å². The van der Waals surface area contributed by atoms with Gasteiger partial charge < -0.3 is 19.7 Å². The van der Waals surface area contributed by atoms with Crippen LogP contribution in [0.3, 0.4) is 0 Å². The van der Waals surface area contributed by atoms with Crippen LogP contribution in [0.5, 0.6) is 0 Å². The van der Waals surface area contributed by atoms with Crippen molar-refractivity contribution in [2.75, 3.05) is 6.61 Å². The summed E-state index contributed by atoms with van der Waals surface area (Å²) in [7, 11) is 0. The molecule has 1 spiro atoms. The lowest BCUT2D eigenvalue weighted by Crippen LogP contribution is -2.54. The third-order valence-electron chi connectivity index (χ3n) is 11.4. The quantitative estimate of drug-likeness (QED) is 0.548. The molecule has 4 aliphatic carbocycles. The van der Waals surface area contributed by atoms with E-state index in [2.05, 4.69) is 33.8 Å². The summed E-state index contributed by atoms with van der Waals surface area (Å²) >= 11 is 0. The molecule has 174 valence electrons. The van der Waals surface area contributed by atoms with Gasteiger partial charge in [-0.05, 0) is 85.4 Å². The zero-order chi connectivity index (χ0) is 21.8. The zero-order valence-electron chi connectivity index (χ0n) is 19.8. The van der Waals surface area contributed by atoms with E-state index in [9.17, 15) is 10.2 Å². The number of ether oxygens (including phenoxy) is 2. The van der Waals surface area contributed by atoms with Crippen molar-refractivity contribution in [3.05, 3.63) is 11.6 Å². The van der Waals surface area contributed by atoms with E-state index >= 15 is 0 Å². The van der Waals surface area contributed by atoms with Crippen molar-refractivity contribution in [3.8, 4) is 0 Å². The number of hydrogen-bond donors (Lipinski definition) is 2. The van der Waals surface area contributed by atoms with Gasteiger partial charge in [-0.3, -0.25) is 0 Å². The molecule has 10 unspecified atom stereocenters. The van der Waals surface area contributed by atoms with E-state index in [1.54, 1.807) is 0 Å². The third-order valence-corrected chi connectivity index (χ3v) is 11.4. The molecule has 0 aromatic rings. The third kappa shape index (κ3) is 2.74. The van der Waals surface area contributed by atoms with Crippen molar-refractivity contribution >= 4 is 0 Å². The number of hydrogen-bond acceptors (Lipinski definition) is 4. The van der Waals surface area contributed by atoms with Crippen LogP contribution in [0.4, 0.5) is 0 Å². The first-order valence-corrected chi connectivity index (χ1v) is 13.1. The van der Waals surface area contributed by atoms with Gasteiger partial charge in [0.1, 0.15) is 0 Å². The molecule has 0 radical (unpaired) electrons. The van der Waals surface area contributed by atoms with Crippen LogP contribution in [-0.2, 0) is 9.47 Å². The minimum atomic E-state index is -0.584. The highest BCUT2D eigenvalue weighted by atomic mass is 16.7. The summed E-state index contributed by atoms with van der Waals surface area (Å²) in [6, 6.07) is 0. The first-order valence-electron chi connectivity index (χ1n) is 13.1. The van der Waals surface area contributed by atoms with Gasteiger partial charge in [-0.25, -0.2) is 0 Å². The van der Waals surface area contributed by atoms with Crippen molar-refractivity contribution in [3.63, 3.8) is 0 Å². The van der Waals surface area contributed by atoms with Crippen LogP contribution >= 0.6 is 0 Å². The molecule has 0 bridgehead atoms. The van der Waals surface area contributed by atoms with E-state index in [-0.39, 0.29) is 11.2 Å². The Morgan fingerprint density at radius 3 is 2.58 bits per heavy atom. The van der Waals surface area contributed by atoms with Gasteiger partial charge in [-0.15, -0.1) is 0 Å². The first-order chi connectivity index (χ1) is 14.7. The predicted octanol–water partition coefficient (Wildman–Crippen LogP) is 4.68. The normalized spacial score (nSPS) is 60.7. The molecular formula is C27H42O4. The van der Waals surface area contributed by atoms with Crippen molar-refractivity contribution in [2.45, 2.75) is 103 Å². The van der Waals surface area contributed by atoms with Gasteiger partial charge in [-0.1, -0.05) is 39.3 Å². The van der Waals surface area contributed by atoms with Crippen molar-refractivity contribution in [2.24, 2.45) is 46.3 Å². The summed E-state index contributed by atoms with van der Waals surface area (Å²) in [5.41, 5.74) is 1.80. The van der Waals surface area contributed by atoms with Crippen molar-refractivity contribution < 1.29 is 19.7 Å². The SMILES string of the molecule is CC1CCC2(OC1)OC1CC3C4CC=C5CC(O)C(O)C[C@]5(C)C4CC[C@]3(C)C1C2C. The molecular weight excluding hydrogens is 388 g/mol. The molecule has 2 aliphatic heterocycles. The lowest BCUT2D eigenvalue weighted by Gasteiger charge is -2.59. The van der Waals surface area contributed by atoms with Crippen LogP contribution < -0.4 is 0 Å². The molecule has 4 nitrogen and oxygen atoms in total. The molecule has 0 aromatic carbocycles. The Balaban J connectivity index is 1.28. The molecule has 5 fully saturated rings. The van der Waals surface area contributed by atoms with Gasteiger partial charge in [0.2, 0.25) is 0 Å². The lowest BCUT2D eigenvalue weighted by atomic mass is 9.46. The van der Waals surface area contributed by atoms with Gasteiger partial charge in [0, 0.05) is 12.3 Å². The number of fused-ring (bicyclic) bond motifs is 7. The second-order valence-electron chi connectivity index (χ2n) is 12.8. The molecule has 2 saturated heterocycles. The highest BCUT2D eigenvalue weighted by molar-refractivity contribution is 5.27. The Bertz CT molecular complexity index is 769. The molecule has 3 saturated carbocycles. The Labute approximate surface area is 187 Å². The number of allylic oxidation sites excluding steroid dienone is 1. The summed E-state index contributed by atoms with van der Waals surface area (Å²) in [6.07, 6.45) is 10.1. The second kappa shape index (κ2) is 6.81. The molecule has 2 heterocycles. The molecule has 4 heteroatoms. The Hall–Kier alpha value is -0.420. The summed E-state index contributed by atoms with van der Waals surface area (Å²) in [6.45, 7) is 10.5. The smallest absolute Gasteiger partial charge is 0.171 e. The standard InChI is InChI=1S/C27H42O4/c1-15-7-10-27(30-14-15)16(2)24-23(31-27)12-20-18-6-5-17-11-21(28)22(29)13-26(17,4)19(18)8-9-25(20,24)3/h5,15-16,18-24,28-29H,6-14H2,1-4H3/t15?,16?,18?,19?,20?,21?,22?,23?,24?,25-,26-,27?/m0/s1. The highest BCUT2D eigenvalue weighted by Gasteiger charge is 2.68. The lowest BCUT2D eigenvalue weighted by molar-refractivity contribution is -0.272. The number of aliphatic hydroxyl groups excluding tert-OH is 2. The van der Waals surface area contributed by atoms with Crippen LogP contribution in [0.2, 0.25) is 0 Å².